The summed E-state index contributed by atoms with van der Waals surface area (Å²) in [5, 5.41) is 15.3. The highest BCUT2D eigenvalue weighted by Gasteiger charge is 2.19. The molecule has 0 radical (unpaired) electrons. The summed E-state index contributed by atoms with van der Waals surface area (Å²) in [7, 11) is 0. The molecule has 5 nitrogen and oxygen atoms in total. The largest absolute Gasteiger partial charge is 0.386 e. The number of hydrogen-bond acceptors (Lipinski definition) is 3. The van der Waals surface area contributed by atoms with Crippen LogP contribution in [-0.2, 0) is 9.59 Å². The summed E-state index contributed by atoms with van der Waals surface area (Å²) in [5.41, 5.74) is 0.180. The lowest BCUT2D eigenvalue weighted by Gasteiger charge is -2.20. The lowest BCUT2D eigenvalue weighted by molar-refractivity contribution is -0.123. The van der Waals surface area contributed by atoms with Gasteiger partial charge in [-0.2, -0.15) is 0 Å². The van der Waals surface area contributed by atoms with E-state index in [4.69, 9.17) is 0 Å². The molecule has 23 heavy (non-hydrogen) atoms. The van der Waals surface area contributed by atoms with Crippen LogP contribution in [0.1, 0.15) is 44.8 Å². The molecule has 1 aromatic rings. The molecule has 0 spiro atoms. The maximum atomic E-state index is 13.2. The van der Waals surface area contributed by atoms with Gasteiger partial charge in [-0.05, 0) is 38.0 Å². The number of rotatable bonds is 8. The van der Waals surface area contributed by atoms with Crippen molar-refractivity contribution in [2.45, 2.75) is 45.3 Å². The van der Waals surface area contributed by atoms with Crippen LogP contribution < -0.4 is 10.6 Å². The van der Waals surface area contributed by atoms with E-state index >= 15 is 0 Å². The second-order valence-electron chi connectivity index (χ2n) is 5.28. The van der Waals surface area contributed by atoms with Crippen molar-refractivity contribution in [1.29, 1.82) is 0 Å². The van der Waals surface area contributed by atoms with E-state index < -0.39 is 23.8 Å². The van der Waals surface area contributed by atoms with Gasteiger partial charge in [0.25, 0.3) is 0 Å². The standard InChI is InChI=1S/C16H22F2N2O3/c1-3-19-14(21)5-4-6-15(22)20-10(2)16(23)11-7-8-12(17)13(18)9-11/h7-10,16,23H,3-6H2,1-2H3,(H,19,21)(H,20,22). The Morgan fingerprint density at radius 2 is 1.83 bits per heavy atom. The van der Waals surface area contributed by atoms with E-state index in [0.29, 0.717) is 13.0 Å². The Kier molecular flexibility index (Phi) is 7.61. The quantitative estimate of drug-likeness (QED) is 0.681. The summed E-state index contributed by atoms with van der Waals surface area (Å²) in [4.78, 5) is 23.0. The Bertz CT molecular complexity index is 552. The van der Waals surface area contributed by atoms with E-state index in [9.17, 15) is 23.5 Å². The van der Waals surface area contributed by atoms with Gasteiger partial charge >= 0.3 is 0 Å². The van der Waals surface area contributed by atoms with Gasteiger partial charge in [-0.3, -0.25) is 9.59 Å². The third-order valence-corrected chi connectivity index (χ3v) is 3.33. The molecule has 0 aromatic heterocycles. The fourth-order valence-electron chi connectivity index (χ4n) is 2.09. The Morgan fingerprint density at radius 1 is 1.17 bits per heavy atom. The van der Waals surface area contributed by atoms with E-state index in [-0.39, 0.29) is 30.2 Å². The van der Waals surface area contributed by atoms with E-state index in [1.54, 1.807) is 6.92 Å². The molecule has 0 saturated carbocycles. The number of carbonyl (C=O) groups is 2. The van der Waals surface area contributed by atoms with E-state index in [1.807, 2.05) is 6.92 Å². The lowest BCUT2D eigenvalue weighted by atomic mass is 10.0. The molecule has 1 rings (SSSR count). The second kappa shape index (κ2) is 9.19. The fraction of sp³-hybridized carbons (Fsp3) is 0.500. The summed E-state index contributed by atoms with van der Waals surface area (Å²) in [6, 6.07) is 2.42. The van der Waals surface area contributed by atoms with E-state index in [2.05, 4.69) is 10.6 Å². The van der Waals surface area contributed by atoms with E-state index in [1.165, 1.54) is 6.07 Å². The minimum Gasteiger partial charge on any atom is -0.386 e. The number of benzene rings is 1. The normalized spacial score (nSPS) is 13.3. The molecule has 128 valence electrons. The van der Waals surface area contributed by atoms with Crippen LogP contribution in [0.15, 0.2) is 18.2 Å². The minimum absolute atomic E-state index is 0.116. The van der Waals surface area contributed by atoms with Gasteiger partial charge in [0.05, 0.1) is 12.1 Å². The summed E-state index contributed by atoms with van der Waals surface area (Å²) >= 11 is 0. The van der Waals surface area contributed by atoms with Gasteiger partial charge in [-0.1, -0.05) is 6.07 Å². The number of nitrogens with one attached hydrogen (secondary N) is 2. The van der Waals surface area contributed by atoms with Gasteiger partial charge in [-0.25, -0.2) is 8.78 Å². The van der Waals surface area contributed by atoms with Crippen LogP contribution in [0.4, 0.5) is 8.78 Å². The molecule has 0 aliphatic heterocycles. The first-order valence-corrected chi connectivity index (χ1v) is 7.54. The van der Waals surface area contributed by atoms with Crippen LogP contribution in [0, 0.1) is 11.6 Å². The zero-order valence-corrected chi connectivity index (χ0v) is 13.2. The van der Waals surface area contributed by atoms with Crippen LogP contribution in [0.25, 0.3) is 0 Å². The van der Waals surface area contributed by atoms with Crippen LogP contribution in [0.2, 0.25) is 0 Å². The third-order valence-electron chi connectivity index (χ3n) is 3.33. The average Bonchev–Trinajstić information content (AvgIpc) is 2.49. The molecule has 7 heteroatoms. The number of carbonyl (C=O) groups excluding carboxylic acids is 2. The first kappa shape index (κ1) is 19.0. The SMILES string of the molecule is CCNC(=O)CCCC(=O)NC(C)C(O)c1ccc(F)c(F)c1. The molecule has 1 aromatic carbocycles. The van der Waals surface area contributed by atoms with Crippen molar-refractivity contribution in [2.75, 3.05) is 6.54 Å². The molecular formula is C16H22F2N2O3. The first-order valence-electron chi connectivity index (χ1n) is 7.54. The predicted molar refractivity (Wildman–Crippen MR) is 81.5 cm³/mol. The highest BCUT2D eigenvalue weighted by atomic mass is 19.2. The molecule has 3 N–H and O–H groups in total. The molecule has 0 heterocycles. The van der Waals surface area contributed by atoms with E-state index in [0.717, 1.165) is 12.1 Å². The molecule has 0 aliphatic rings. The zero-order chi connectivity index (χ0) is 17.4. The van der Waals surface area contributed by atoms with Crippen LogP contribution in [0.5, 0.6) is 0 Å². The Labute approximate surface area is 134 Å². The highest BCUT2D eigenvalue weighted by Crippen LogP contribution is 2.19. The molecule has 2 unspecified atom stereocenters. The Morgan fingerprint density at radius 3 is 2.43 bits per heavy atom. The van der Waals surface area contributed by atoms with Crippen LogP contribution in [0.3, 0.4) is 0 Å². The zero-order valence-electron chi connectivity index (χ0n) is 13.2. The molecule has 0 aliphatic carbocycles. The number of aliphatic hydroxyl groups excluding tert-OH is 1. The van der Waals surface area contributed by atoms with Crippen molar-refractivity contribution in [3.05, 3.63) is 35.4 Å². The van der Waals surface area contributed by atoms with Crippen LogP contribution in [-0.4, -0.2) is 29.5 Å². The average molecular weight is 328 g/mol. The molecule has 2 atom stereocenters. The third kappa shape index (κ3) is 6.32. The molecule has 2 amide bonds. The second-order valence-corrected chi connectivity index (χ2v) is 5.28. The van der Waals surface area contributed by atoms with Crippen LogP contribution >= 0.6 is 0 Å². The van der Waals surface area contributed by atoms with Crippen molar-refractivity contribution < 1.29 is 23.5 Å². The number of hydrogen-bond donors (Lipinski definition) is 3. The molecule has 0 fully saturated rings. The number of aliphatic hydroxyl groups is 1. The van der Waals surface area contributed by atoms with Crippen molar-refractivity contribution in [3.63, 3.8) is 0 Å². The molecule has 0 saturated heterocycles. The maximum Gasteiger partial charge on any atom is 0.220 e. The first-order chi connectivity index (χ1) is 10.8. The Hall–Kier alpha value is -2.02. The van der Waals surface area contributed by atoms with Gasteiger partial charge in [0.1, 0.15) is 0 Å². The van der Waals surface area contributed by atoms with Crippen molar-refractivity contribution in [2.24, 2.45) is 0 Å². The Balaban J connectivity index is 2.44. The van der Waals surface area contributed by atoms with Gasteiger partial charge < -0.3 is 15.7 Å². The fourth-order valence-corrected chi connectivity index (χ4v) is 2.09. The van der Waals surface area contributed by atoms with Gasteiger partial charge in [0.2, 0.25) is 11.8 Å². The van der Waals surface area contributed by atoms with Crippen molar-refractivity contribution >= 4 is 11.8 Å². The maximum absolute atomic E-state index is 13.2. The van der Waals surface area contributed by atoms with Gasteiger partial charge in [0.15, 0.2) is 11.6 Å². The summed E-state index contributed by atoms with van der Waals surface area (Å²) in [6.07, 6.45) is -0.364. The number of halogens is 2. The smallest absolute Gasteiger partial charge is 0.220 e. The van der Waals surface area contributed by atoms with Crippen molar-refractivity contribution in [1.82, 2.24) is 10.6 Å². The summed E-state index contributed by atoms with van der Waals surface area (Å²) in [6.45, 7) is 3.92. The minimum atomic E-state index is -1.16. The number of amides is 2. The topological polar surface area (TPSA) is 78.4 Å². The summed E-state index contributed by atoms with van der Waals surface area (Å²) in [5.74, 6) is -2.48. The predicted octanol–water partition coefficient (Wildman–Crippen LogP) is 1.81. The monoisotopic (exact) mass is 328 g/mol. The summed E-state index contributed by atoms with van der Waals surface area (Å²) < 4.78 is 26.0. The lowest BCUT2D eigenvalue weighted by Crippen LogP contribution is -2.37. The van der Waals surface area contributed by atoms with Crippen molar-refractivity contribution in [3.8, 4) is 0 Å². The highest BCUT2D eigenvalue weighted by molar-refractivity contribution is 5.79. The molecular weight excluding hydrogens is 306 g/mol. The molecule has 0 bridgehead atoms. The van der Waals surface area contributed by atoms with Gasteiger partial charge in [-0.15, -0.1) is 0 Å². The van der Waals surface area contributed by atoms with Gasteiger partial charge in [0, 0.05) is 19.4 Å².